The first-order valence-corrected chi connectivity index (χ1v) is 7.97. The van der Waals surface area contributed by atoms with Crippen LogP contribution >= 0.6 is 0 Å². The molecule has 4 nitrogen and oxygen atoms in total. The monoisotopic (exact) mass is 308 g/mol. The Hall–Kier alpha value is -2.62. The van der Waals surface area contributed by atoms with Crippen molar-refractivity contribution in [2.24, 2.45) is 0 Å². The molecule has 118 valence electrons. The summed E-state index contributed by atoms with van der Waals surface area (Å²) >= 11 is 0. The van der Waals surface area contributed by atoms with Crippen molar-refractivity contribution < 1.29 is 4.79 Å². The average molecular weight is 308 g/mol. The molecule has 0 radical (unpaired) electrons. The molecule has 0 unspecified atom stereocenters. The number of benzene rings is 1. The first-order chi connectivity index (χ1) is 11.2. The number of amides is 1. The Morgan fingerprint density at radius 2 is 2.00 bits per heavy atom. The third-order valence-corrected chi connectivity index (χ3v) is 4.13. The second-order valence-electron chi connectivity index (χ2n) is 5.72. The molecule has 23 heavy (non-hydrogen) atoms. The Labute approximate surface area is 135 Å². The first kappa shape index (κ1) is 15.3. The summed E-state index contributed by atoms with van der Waals surface area (Å²) in [6.07, 6.45) is 5.96. The minimum Gasteiger partial charge on any atom is -0.328 e. The molecule has 1 aromatic carbocycles. The Morgan fingerprint density at radius 1 is 1.22 bits per heavy atom. The molecule has 0 saturated heterocycles. The highest BCUT2D eigenvalue weighted by Crippen LogP contribution is 2.19. The van der Waals surface area contributed by atoms with E-state index in [1.807, 2.05) is 42.5 Å². The Bertz CT molecular complexity index is 777. The van der Waals surface area contributed by atoms with Crippen molar-refractivity contribution in [3.63, 3.8) is 0 Å². The highest BCUT2D eigenvalue weighted by atomic mass is 16.2. The summed E-state index contributed by atoms with van der Waals surface area (Å²) in [6, 6.07) is 13.1. The number of hydrogen-bond donors (Lipinski definition) is 1. The van der Waals surface area contributed by atoms with Gasteiger partial charge >= 0.3 is 0 Å². The van der Waals surface area contributed by atoms with E-state index >= 15 is 0 Å². The number of nitrogens with zero attached hydrogens (tertiary/aromatic N) is 1. The number of aromatic nitrogens is 1. The molecule has 1 aliphatic heterocycles. The van der Waals surface area contributed by atoms with Gasteiger partial charge in [0.15, 0.2) is 0 Å². The van der Waals surface area contributed by atoms with Crippen molar-refractivity contribution in [3.8, 4) is 11.3 Å². The van der Waals surface area contributed by atoms with E-state index in [1.165, 1.54) is 0 Å². The van der Waals surface area contributed by atoms with Crippen LogP contribution in [0.4, 0.5) is 0 Å². The van der Waals surface area contributed by atoms with E-state index in [9.17, 15) is 9.59 Å². The summed E-state index contributed by atoms with van der Waals surface area (Å²) in [5.74, 6) is -0.200. The largest absolute Gasteiger partial charge is 0.328 e. The Morgan fingerprint density at radius 3 is 2.70 bits per heavy atom. The van der Waals surface area contributed by atoms with Crippen LogP contribution in [0.2, 0.25) is 0 Å². The predicted octanol–water partition coefficient (Wildman–Crippen LogP) is 3.22. The molecule has 2 aromatic rings. The fourth-order valence-electron chi connectivity index (χ4n) is 2.94. The molecule has 4 heteroatoms. The van der Waals surface area contributed by atoms with Gasteiger partial charge in [0.2, 0.25) is 0 Å². The van der Waals surface area contributed by atoms with Gasteiger partial charge in [-0.3, -0.25) is 9.59 Å². The Kier molecular flexibility index (Phi) is 4.42. The number of carbonyl (C=O) groups excluding carboxylic acids is 1. The quantitative estimate of drug-likeness (QED) is 0.882. The lowest BCUT2D eigenvalue weighted by atomic mass is 10.1. The van der Waals surface area contributed by atoms with E-state index in [-0.39, 0.29) is 23.1 Å². The molecule has 1 aliphatic rings. The molecule has 0 bridgehead atoms. The van der Waals surface area contributed by atoms with E-state index in [2.05, 4.69) is 11.9 Å². The molecule has 1 aromatic heterocycles. The van der Waals surface area contributed by atoms with Crippen molar-refractivity contribution in [2.45, 2.75) is 25.8 Å². The smallest absolute Gasteiger partial charge is 0.261 e. The standard InChI is InChI=1S/C19H20N2O2/c1-2-7-15-10-6-13-21(15)19(23)16-11-12-17(20-18(16)22)14-8-4-3-5-9-14/h3-6,8-12,15H,2,7,13H2,1H3,(H,20,22)/t15-/m1/s1. The summed E-state index contributed by atoms with van der Waals surface area (Å²) in [6.45, 7) is 2.67. The van der Waals surface area contributed by atoms with Gasteiger partial charge < -0.3 is 9.88 Å². The molecular weight excluding hydrogens is 288 g/mol. The van der Waals surface area contributed by atoms with E-state index < -0.39 is 0 Å². The van der Waals surface area contributed by atoms with Crippen molar-refractivity contribution >= 4 is 5.91 Å². The third kappa shape index (κ3) is 3.11. The molecule has 1 atom stereocenters. The zero-order chi connectivity index (χ0) is 16.2. The van der Waals surface area contributed by atoms with E-state index in [0.717, 1.165) is 24.1 Å². The summed E-state index contributed by atoms with van der Waals surface area (Å²) in [7, 11) is 0. The van der Waals surface area contributed by atoms with Crippen LogP contribution in [0.15, 0.2) is 59.4 Å². The summed E-state index contributed by atoms with van der Waals surface area (Å²) in [5.41, 5.74) is 1.51. The van der Waals surface area contributed by atoms with Crippen molar-refractivity contribution in [2.75, 3.05) is 6.54 Å². The van der Waals surface area contributed by atoms with Gasteiger partial charge in [-0.2, -0.15) is 0 Å². The SMILES string of the molecule is CCC[C@@H]1C=CCN1C(=O)c1ccc(-c2ccccc2)[nH]c1=O. The maximum Gasteiger partial charge on any atom is 0.261 e. The van der Waals surface area contributed by atoms with Crippen LogP contribution in [0.5, 0.6) is 0 Å². The number of H-pyrrole nitrogens is 1. The summed E-state index contributed by atoms with van der Waals surface area (Å²) in [4.78, 5) is 29.6. The number of pyridine rings is 1. The van der Waals surface area contributed by atoms with Gasteiger partial charge in [-0.15, -0.1) is 0 Å². The van der Waals surface area contributed by atoms with Gasteiger partial charge in [-0.25, -0.2) is 0 Å². The average Bonchev–Trinajstić information content (AvgIpc) is 3.03. The minimum absolute atomic E-state index is 0.0979. The van der Waals surface area contributed by atoms with E-state index in [4.69, 9.17) is 0 Å². The second-order valence-corrected chi connectivity index (χ2v) is 5.72. The highest BCUT2D eigenvalue weighted by molar-refractivity contribution is 5.94. The normalized spacial score (nSPS) is 16.7. The number of carbonyl (C=O) groups is 1. The zero-order valence-electron chi connectivity index (χ0n) is 13.2. The fourth-order valence-corrected chi connectivity index (χ4v) is 2.94. The molecule has 0 aliphatic carbocycles. The Balaban J connectivity index is 1.87. The number of nitrogens with one attached hydrogen (secondary N) is 1. The van der Waals surface area contributed by atoms with Crippen molar-refractivity contribution in [3.05, 3.63) is 70.5 Å². The van der Waals surface area contributed by atoms with E-state index in [0.29, 0.717) is 6.54 Å². The van der Waals surface area contributed by atoms with Gasteiger partial charge in [0, 0.05) is 12.2 Å². The lowest BCUT2D eigenvalue weighted by molar-refractivity contribution is 0.0742. The zero-order valence-corrected chi connectivity index (χ0v) is 13.2. The molecule has 0 fully saturated rings. The molecule has 0 saturated carbocycles. The van der Waals surface area contributed by atoms with Crippen LogP contribution in [0.3, 0.4) is 0 Å². The van der Waals surface area contributed by atoms with Crippen LogP contribution in [-0.4, -0.2) is 28.4 Å². The van der Waals surface area contributed by atoms with Crippen LogP contribution in [0.1, 0.15) is 30.1 Å². The predicted molar refractivity (Wildman–Crippen MR) is 91.4 cm³/mol. The van der Waals surface area contributed by atoms with Crippen LogP contribution < -0.4 is 5.56 Å². The molecule has 3 rings (SSSR count). The first-order valence-electron chi connectivity index (χ1n) is 7.97. The van der Waals surface area contributed by atoms with Crippen LogP contribution in [0, 0.1) is 0 Å². The van der Waals surface area contributed by atoms with E-state index in [1.54, 1.807) is 17.0 Å². The summed E-state index contributed by atoms with van der Waals surface area (Å²) in [5, 5.41) is 0. The molecule has 2 heterocycles. The van der Waals surface area contributed by atoms with Crippen LogP contribution in [-0.2, 0) is 0 Å². The molecule has 1 N–H and O–H groups in total. The van der Waals surface area contributed by atoms with Gasteiger partial charge in [0.25, 0.3) is 11.5 Å². The molecule has 0 spiro atoms. The maximum absolute atomic E-state index is 12.7. The van der Waals surface area contributed by atoms with Gasteiger partial charge in [0.05, 0.1) is 6.04 Å². The topological polar surface area (TPSA) is 53.2 Å². The number of aromatic amines is 1. The lowest BCUT2D eigenvalue weighted by Gasteiger charge is -2.24. The lowest BCUT2D eigenvalue weighted by Crippen LogP contribution is -2.38. The summed E-state index contributed by atoms with van der Waals surface area (Å²) < 4.78 is 0. The van der Waals surface area contributed by atoms with Crippen LogP contribution in [0.25, 0.3) is 11.3 Å². The van der Waals surface area contributed by atoms with Gasteiger partial charge in [-0.1, -0.05) is 55.8 Å². The van der Waals surface area contributed by atoms with Crippen molar-refractivity contribution in [1.29, 1.82) is 0 Å². The van der Waals surface area contributed by atoms with Crippen molar-refractivity contribution in [1.82, 2.24) is 9.88 Å². The molecular formula is C19H20N2O2. The maximum atomic E-state index is 12.7. The number of hydrogen-bond acceptors (Lipinski definition) is 2. The number of rotatable bonds is 4. The third-order valence-electron chi connectivity index (χ3n) is 4.13. The molecule has 1 amide bonds. The fraction of sp³-hybridized carbons (Fsp3) is 0.263. The van der Waals surface area contributed by atoms with Gasteiger partial charge in [-0.05, 0) is 24.1 Å². The second kappa shape index (κ2) is 6.65. The van der Waals surface area contributed by atoms with Gasteiger partial charge in [0.1, 0.15) is 5.56 Å². The minimum atomic E-state index is -0.335. The highest BCUT2D eigenvalue weighted by Gasteiger charge is 2.26.